The molecule has 2 heterocycles. The third kappa shape index (κ3) is 2.87. The number of piperazine rings is 1. The van der Waals surface area contributed by atoms with Gasteiger partial charge in [0.2, 0.25) is 0 Å². The van der Waals surface area contributed by atoms with Crippen LogP contribution in [0.2, 0.25) is 0 Å². The van der Waals surface area contributed by atoms with Crippen molar-refractivity contribution >= 4 is 0 Å². The third-order valence-corrected chi connectivity index (χ3v) is 4.92. The second kappa shape index (κ2) is 6.24. The first kappa shape index (κ1) is 14.7. The zero-order chi connectivity index (χ0) is 14.8. The summed E-state index contributed by atoms with van der Waals surface area (Å²) >= 11 is 0. The average molecular weight is 290 g/mol. The predicted molar refractivity (Wildman–Crippen MR) is 84.0 cm³/mol. The first-order valence-corrected chi connectivity index (χ1v) is 7.91. The van der Waals surface area contributed by atoms with Crippen LogP contribution in [0.25, 0.3) is 0 Å². The van der Waals surface area contributed by atoms with Crippen LogP contribution in [0.5, 0.6) is 11.5 Å². The van der Waals surface area contributed by atoms with Gasteiger partial charge in [-0.15, -0.1) is 0 Å². The lowest BCUT2D eigenvalue weighted by Crippen LogP contribution is -2.54. The molecule has 0 aromatic heterocycles. The van der Waals surface area contributed by atoms with E-state index in [1.165, 1.54) is 38.0 Å². The van der Waals surface area contributed by atoms with Gasteiger partial charge in [-0.25, -0.2) is 0 Å². The molecule has 0 bridgehead atoms. The number of ether oxygens (including phenoxy) is 2. The van der Waals surface area contributed by atoms with E-state index in [4.69, 9.17) is 9.47 Å². The van der Waals surface area contributed by atoms with Gasteiger partial charge in [0.1, 0.15) is 0 Å². The maximum Gasteiger partial charge on any atom is 0.165 e. The van der Waals surface area contributed by atoms with Crippen LogP contribution in [-0.4, -0.2) is 55.7 Å². The molecule has 0 unspecified atom stereocenters. The SMILES string of the molecule is COc1cccc(CN2C[C@@H]3CCCN3C[C@H]2C)c1OC. The van der Waals surface area contributed by atoms with Crippen molar-refractivity contribution in [2.75, 3.05) is 33.9 Å². The number of rotatable bonds is 4. The van der Waals surface area contributed by atoms with Crippen LogP contribution in [0.3, 0.4) is 0 Å². The van der Waals surface area contributed by atoms with Crippen LogP contribution < -0.4 is 9.47 Å². The molecule has 116 valence electrons. The highest BCUT2D eigenvalue weighted by atomic mass is 16.5. The van der Waals surface area contributed by atoms with E-state index in [9.17, 15) is 0 Å². The molecule has 1 aromatic carbocycles. The molecule has 0 amide bonds. The van der Waals surface area contributed by atoms with Gasteiger partial charge in [0.25, 0.3) is 0 Å². The van der Waals surface area contributed by atoms with Crippen LogP contribution in [0, 0.1) is 0 Å². The van der Waals surface area contributed by atoms with Crippen molar-refractivity contribution in [3.63, 3.8) is 0 Å². The van der Waals surface area contributed by atoms with Gasteiger partial charge >= 0.3 is 0 Å². The van der Waals surface area contributed by atoms with Crippen molar-refractivity contribution < 1.29 is 9.47 Å². The minimum atomic E-state index is 0.593. The molecule has 2 aliphatic rings. The monoisotopic (exact) mass is 290 g/mol. The Bertz CT molecular complexity index is 492. The van der Waals surface area contributed by atoms with Crippen LogP contribution in [0.15, 0.2) is 18.2 Å². The molecule has 4 heteroatoms. The lowest BCUT2D eigenvalue weighted by Gasteiger charge is -2.42. The fourth-order valence-corrected chi connectivity index (χ4v) is 3.77. The van der Waals surface area contributed by atoms with Crippen molar-refractivity contribution in [1.82, 2.24) is 9.80 Å². The Balaban J connectivity index is 1.76. The van der Waals surface area contributed by atoms with Gasteiger partial charge < -0.3 is 9.47 Å². The normalized spacial score (nSPS) is 26.6. The summed E-state index contributed by atoms with van der Waals surface area (Å²) in [7, 11) is 3.42. The quantitative estimate of drug-likeness (QED) is 0.850. The minimum Gasteiger partial charge on any atom is -0.493 e. The molecule has 3 rings (SSSR count). The summed E-state index contributed by atoms with van der Waals surface area (Å²) in [5, 5.41) is 0. The van der Waals surface area contributed by atoms with E-state index in [0.717, 1.165) is 24.1 Å². The van der Waals surface area contributed by atoms with Crippen molar-refractivity contribution in [3.8, 4) is 11.5 Å². The molecular weight excluding hydrogens is 264 g/mol. The molecular formula is C17H26N2O2. The highest BCUT2D eigenvalue weighted by Gasteiger charge is 2.34. The smallest absolute Gasteiger partial charge is 0.165 e. The second-order valence-electron chi connectivity index (χ2n) is 6.22. The van der Waals surface area contributed by atoms with Crippen molar-refractivity contribution in [1.29, 1.82) is 0 Å². The maximum atomic E-state index is 5.57. The summed E-state index contributed by atoms with van der Waals surface area (Å²) in [5.41, 5.74) is 1.22. The molecule has 0 N–H and O–H groups in total. The van der Waals surface area contributed by atoms with Gasteiger partial charge in [-0.2, -0.15) is 0 Å². The molecule has 0 spiro atoms. The average Bonchev–Trinajstić information content (AvgIpc) is 2.94. The topological polar surface area (TPSA) is 24.9 Å². The zero-order valence-corrected chi connectivity index (χ0v) is 13.3. The van der Waals surface area contributed by atoms with E-state index < -0.39 is 0 Å². The fraction of sp³-hybridized carbons (Fsp3) is 0.647. The number of hydrogen-bond donors (Lipinski definition) is 0. The number of methoxy groups -OCH3 is 2. The molecule has 2 atom stereocenters. The van der Waals surface area contributed by atoms with Gasteiger partial charge in [0.15, 0.2) is 11.5 Å². The van der Waals surface area contributed by atoms with Gasteiger partial charge in [0.05, 0.1) is 14.2 Å². The minimum absolute atomic E-state index is 0.593. The molecule has 0 aliphatic carbocycles. The van der Waals surface area contributed by atoms with Gasteiger partial charge in [-0.05, 0) is 32.4 Å². The molecule has 2 saturated heterocycles. The Kier molecular flexibility index (Phi) is 4.36. The first-order valence-electron chi connectivity index (χ1n) is 7.91. The van der Waals surface area contributed by atoms with E-state index >= 15 is 0 Å². The molecule has 0 saturated carbocycles. The van der Waals surface area contributed by atoms with Crippen molar-refractivity contribution in [3.05, 3.63) is 23.8 Å². The molecule has 2 aliphatic heterocycles. The van der Waals surface area contributed by atoms with E-state index in [0.29, 0.717) is 6.04 Å². The van der Waals surface area contributed by atoms with E-state index in [1.807, 2.05) is 12.1 Å². The van der Waals surface area contributed by atoms with Crippen LogP contribution in [0.4, 0.5) is 0 Å². The highest BCUT2D eigenvalue weighted by Crippen LogP contribution is 2.33. The lowest BCUT2D eigenvalue weighted by atomic mass is 10.1. The number of para-hydroxylation sites is 1. The summed E-state index contributed by atoms with van der Waals surface area (Å²) in [6, 6.07) is 7.50. The fourth-order valence-electron chi connectivity index (χ4n) is 3.77. The largest absolute Gasteiger partial charge is 0.493 e. The summed E-state index contributed by atoms with van der Waals surface area (Å²) in [5.74, 6) is 1.70. The second-order valence-corrected chi connectivity index (χ2v) is 6.22. The Morgan fingerprint density at radius 1 is 1.19 bits per heavy atom. The molecule has 1 aromatic rings. The van der Waals surface area contributed by atoms with Gasteiger partial charge in [-0.3, -0.25) is 9.80 Å². The standard InChI is InChI=1S/C17H26N2O2/c1-13-10-18-9-5-7-15(18)12-19(13)11-14-6-4-8-16(20-2)17(14)21-3/h4,6,8,13,15H,5,7,9-12H2,1-3H3/t13-,15+/m1/s1. The van der Waals surface area contributed by atoms with Crippen LogP contribution >= 0.6 is 0 Å². The number of benzene rings is 1. The van der Waals surface area contributed by atoms with E-state index in [2.05, 4.69) is 22.8 Å². The number of fused-ring (bicyclic) bond motifs is 1. The molecule has 2 fully saturated rings. The maximum absolute atomic E-state index is 5.57. The third-order valence-electron chi connectivity index (χ3n) is 4.92. The predicted octanol–water partition coefficient (Wildman–Crippen LogP) is 2.37. The summed E-state index contributed by atoms with van der Waals surface area (Å²) in [6.45, 7) is 6.91. The van der Waals surface area contributed by atoms with E-state index in [-0.39, 0.29) is 0 Å². The van der Waals surface area contributed by atoms with Crippen LogP contribution in [0.1, 0.15) is 25.3 Å². The van der Waals surface area contributed by atoms with Gasteiger partial charge in [-0.1, -0.05) is 12.1 Å². The van der Waals surface area contributed by atoms with Gasteiger partial charge in [0, 0.05) is 37.3 Å². The Morgan fingerprint density at radius 2 is 2.05 bits per heavy atom. The van der Waals surface area contributed by atoms with Crippen LogP contribution in [-0.2, 0) is 6.54 Å². The van der Waals surface area contributed by atoms with E-state index in [1.54, 1.807) is 14.2 Å². The molecule has 4 nitrogen and oxygen atoms in total. The molecule has 21 heavy (non-hydrogen) atoms. The summed E-state index contributed by atoms with van der Waals surface area (Å²) < 4.78 is 11.0. The zero-order valence-electron chi connectivity index (χ0n) is 13.3. The van der Waals surface area contributed by atoms with Crippen molar-refractivity contribution in [2.24, 2.45) is 0 Å². The lowest BCUT2D eigenvalue weighted by molar-refractivity contribution is 0.0534. The summed E-state index contributed by atoms with van der Waals surface area (Å²) in [4.78, 5) is 5.24. The highest BCUT2D eigenvalue weighted by molar-refractivity contribution is 5.46. The Hall–Kier alpha value is -1.26. The Labute approximate surface area is 127 Å². The Morgan fingerprint density at radius 3 is 2.81 bits per heavy atom. The van der Waals surface area contributed by atoms with Crippen molar-refractivity contribution in [2.45, 2.75) is 38.4 Å². The number of nitrogens with zero attached hydrogens (tertiary/aromatic N) is 2. The molecule has 0 radical (unpaired) electrons. The number of hydrogen-bond acceptors (Lipinski definition) is 4. The summed E-state index contributed by atoms with van der Waals surface area (Å²) in [6.07, 6.45) is 2.70. The first-order chi connectivity index (χ1) is 10.2.